The van der Waals surface area contributed by atoms with E-state index in [1.165, 1.54) is 19.2 Å². The average molecular weight is 426 g/mol. The maximum Gasteiger partial charge on any atom is 0.337 e. The molecule has 31 heavy (non-hydrogen) atoms. The average Bonchev–Trinajstić information content (AvgIpc) is 3.22. The third kappa shape index (κ3) is 4.00. The molecular weight excluding hydrogens is 404 g/mol. The summed E-state index contributed by atoms with van der Waals surface area (Å²) < 4.78 is 4.71. The lowest BCUT2D eigenvalue weighted by atomic mass is 9.75. The van der Waals surface area contributed by atoms with Crippen molar-refractivity contribution in [2.75, 3.05) is 7.11 Å². The van der Waals surface area contributed by atoms with Crippen LogP contribution in [-0.4, -0.2) is 35.2 Å². The molecule has 0 amide bonds. The predicted molar refractivity (Wildman–Crippen MR) is 109 cm³/mol. The number of esters is 1. The van der Waals surface area contributed by atoms with Crippen LogP contribution in [0.5, 0.6) is 0 Å². The van der Waals surface area contributed by atoms with Crippen molar-refractivity contribution >= 4 is 17.6 Å². The number of carboxylic acids is 1. The number of aliphatic carboxylic acids is 1. The second-order valence-electron chi connectivity index (χ2n) is 7.69. The van der Waals surface area contributed by atoms with Gasteiger partial charge in [0, 0.05) is 24.1 Å². The number of carbonyl (C=O) groups excluding carboxylic acids is 1. The second-order valence-corrected chi connectivity index (χ2v) is 7.69. The normalized spacial score (nSPS) is 27.3. The van der Waals surface area contributed by atoms with Crippen LogP contribution >= 0.6 is 0 Å². The molecule has 2 aliphatic heterocycles. The van der Waals surface area contributed by atoms with Gasteiger partial charge in [0.2, 0.25) is 0 Å². The highest BCUT2D eigenvalue weighted by atomic mass is 16.6. The quantitative estimate of drug-likeness (QED) is 0.320. The third-order valence-corrected chi connectivity index (χ3v) is 5.99. The molecule has 4 N–H and O–H groups in total. The van der Waals surface area contributed by atoms with Gasteiger partial charge in [-0.05, 0) is 29.7 Å². The Hall–Kier alpha value is -3.34. The van der Waals surface area contributed by atoms with E-state index >= 15 is 0 Å². The number of nitrogens with zero attached hydrogens (tertiary/aromatic N) is 1. The van der Waals surface area contributed by atoms with Gasteiger partial charge in [-0.3, -0.25) is 20.2 Å². The Bertz CT molecular complexity index is 1010. The molecule has 5 unspecified atom stereocenters. The topological polar surface area (TPSA) is 143 Å². The zero-order chi connectivity index (χ0) is 22.1. The Morgan fingerprint density at radius 2 is 1.87 bits per heavy atom. The van der Waals surface area contributed by atoms with Crippen molar-refractivity contribution in [1.29, 1.82) is 0 Å². The maximum atomic E-state index is 12.2. The van der Waals surface area contributed by atoms with Gasteiger partial charge in [-0.25, -0.2) is 15.6 Å². The molecule has 0 bridgehead atoms. The summed E-state index contributed by atoms with van der Waals surface area (Å²) in [5.41, 5.74) is 8.11. The highest BCUT2D eigenvalue weighted by molar-refractivity contribution is 5.89. The number of hydrogen-bond acceptors (Lipinski definition) is 8. The number of methoxy groups -OCH3 is 1. The number of piperidine rings is 1. The number of benzene rings is 2. The molecule has 0 aromatic heterocycles. The lowest BCUT2D eigenvalue weighted by Crippen LogP contribution is -2.53. The Morgan fingerprint density at radius 3 is 2.52 bits per heavy atom. The molecule has 0 radical (unpaired) electrons. The summed E-state index contributed by atoms with van der Waals surface area (Å²) in [6.07, 6.45) is -0.0209. The van der Waals surface area contributed by atoms with Crippen LogP contribution in [0.4, 0.5) is 5.69 Å². The number of nitrogens with one attached hydrogen (secondary N) is 3. The smallest absolute Gasteiger partial charge is 0.337 e. The summed E-state index contributed by atoms with van der Waals surface area (Å²) in [4.78, 5) is 34.5. The lowest BCUT2D eigenvalue weighted by Gasteiger charge is -2.39. The third-order valence-electron chi connectivity index (χ3n) is 5.99. The van der Waals surface area contributed by atoms with Crippen molar-refractivity contribution in [1.82, 2.24) is 16.2 Å². The van der Waals surface area contributed by atoms with Gasteiger partial charge in [0.25, 0.3) is 5.69 Å². The van der Waals surface area contributed by atoms with Crippen LogP contribution in [0, 0.1) is 22.0 Å². The molecule has 162 valence electrons. The van der Waals surface area contributed by atoms with Gasteiger partial charge in [-0.2, -0.15) is 0 Å². The van der Waals surface area contributed by atoms with E-state index in [0.717, 1.165) is 5.56 Å². The second kappa shape index (κ2) is 8.42. The van der Waals surface area contributed by atoms with E-state index in [-0.39, 0.29) is 23.8 Å². The lowest BCUT2D eigenvalue weighted by molar-refractivity contribution is -0.384. The molecule has 5 atom stereocenters. The minimum atomic E-state index is -0.923. The van der Waals surface area contributed by atoms with Crippen molar-refractivity contribution in [3.8, 4) is 0 Å². The minimum Gasteiger partial charge on any atom is -0.481 e. The molecule has 2 saturated heterocycles. The molecule has 10 heteroatoms. The maximum absolute atomic E-state index is 12.2. The molecule has 10 nitrogen and oxygen atoms in total. The van der Waals surface area contributed by atoms with E-state index in [9.17, 15) is 24.8 Å². The first-order chi connectivity index (χ1) is 14.9. The van der Waals surface area contributed by atoms with Crippen molar-refractivity contribution in [2.45, 2.75) is 24.7 Å². The first-order valence-electron chi connectivity index (χ1n) is 9.81. The van der Waals surface area contributed by atoms with E-state index in [4.69, 9.17) is 4.74 Å². The fourth-order valence-electron chi connectivity index (χ4n) is 4.48. The SMILES string of the molecule is COC(=O)c1ccc(C2CC(C(=O)O)C3C(NNC3c3cccc([N+](=O)[O-])c3)N2)cc1. The summed E-state index contributed by atoms with van der Waals surface area (Å²) in [6.45, 7) is 0. The van der Waals surface area contributed by atoms with Gasteiger partial charge < -0.3 is 9.84 Å². The summed E-state index contributed by atoms with van der Waals surface area (Å²) in [5.74, 6) is -2.41. The number of carboxylic acid groups (broad SMARTS) is 1. The van der Waals surface area contributed by atoms with Crippen molar-refractivity contribution in [3.05, 3.63) is 75.3 Å². The van der Waals surface area contributed by atoms with E-state index in [0.29, 0.717) is 17.5 Å². The van der Waals surface area contributed by atoms with Crippen LogP contribution in [0.1, 0.15) is 40.0 Å². The van der Waals surface area contributed by atoms with E-state index in [2.05, 4.69) is 16.2 Å². The largest absolute Gasteiger partial charge is 0.481 e. The molecular formula is C21H22N4O6. The molecule has 0 spiro atoms. The summed E-state index contributed by atoms with van der Waals surface area (Å²) in [7, 11) is 1.31. The summed E-state index contributed by atoms with van der Waals surface area (Å²) in [6, 6.07) is 12.4. The number of hydrazine groups is 1. The first-order valence-corrected chi connectivity index (χ1v) is 9.81. The van der Waals surface area contributed by atoms with Crippen LogP contribution in [0.25, 0.3) is 0 Å². The van der Waals surface area contributed by atoms with Crippen molar-refractivity contribution in [2.24, 2.45) is 11.8 Å². The highest BCUT2D eigenvalue weighted by Crippen LogP contribution is 2.42. The number of fused-ring (bicyclic) bond motifs is 1. The Labute approximate surface area is 177 Å². The zero-order valence-electron chi connectivity index (χ0n) is 16.6. The van der Waals surface area contributed by atoms with Gasteiger partial charge in [-0.1, -0.05) is 24.3 Å². The number of hydrogen-bond donors (Lipinski definition) is 4. The molecule has 0 saturated carbocycles. The van der Waals surface area contributed by atoms with Gasteiger partial charge in [-0.15, -0.1) is 0 Å². The molecule has 0 aliphatic carbocycles. The molecule has 4 rings (SSSR count). The number of rotatable bonds is 5. The summed E-state index contributed by atoms with van der Waals surface area (Å²) >= 11 is 0. The van der Waals surface area contributed by atoms with E-state index in [1.807, 2.05) is 0 Å². The number of ether oxygens (including phenoxy) is 1. The monoisotopic (exact) mass is 426 g/mol. The van der Waals surface area contributed by atoms with Crippen LogP contribution in [0.2, 0.25) is 0 Å². The molecule has 2 aliphatic rings. The Kier molecular flexibility index (Phi) is 5.68. The van der Waals surface area contributed by atoms with Gasteiger partial charge in [0.1, 0.15) is 0 Å². The minimum absolute atomic E-state index is 0.0398. The first kappa shape index (κ1) is 20.9. The standard InChI is InChI=1S/C21H22N4O6/c1-31-21(28)12-7-5-11(6-8-12)16-10-15(20(26)27)17-18(23-24-19(17)22-16)13-3-2-4-14(9-13)25(29)30/h2-9,15-19,22-24H,10H2,1H3,(H,26,27). The fraction of sp³-hybridized carbons (Fsp3) is 0.333. The number of non-ortho nitro benzene ring substituents is 1. The van der Waals surface area contributed by atoms with E-state index in [1.54, 1.807) is 36.4 Å². The zero-order valence-corrected chi connectivity index (χ0v) is 16.6. The molecule has 2 aromatic carbocycles. The molecule has 2 heterocycles. The highest BCUT2D eigenvalue weighted by Gasteiger charge is 2.49. The molecule has 2 aromatic rings. The van der Waals surface area contributed by atoms with E-state index < -0.39 is 28.8 Å². The molecule has 2 fully saturated rings. The van der Waals surface area contributed by atoms with Gasteiger partial charge in [0.15, 0.2) is 0 Å². The van der Waals surface area contributed by atoms with Crippen LogP contribution in [-0.2, 0) is 9.53 Å². The predicted octanol–water partition coefficient (Wildman–Crippen LogP) is 1.91. The van der Waals surface area contributed by atoms with Crippen molar-refractivity contribution < 1.29 is 24.4 Å². The van der Waals surface area contributed by atoms with Crippen LogP contribution < -0.4 is 16.2 Å². The van der Waals surface area contributed by atoms with Crippen LogP contribution in [0.3, 0.4) is 0 Å². The Balaban J connectivity index is 1.59. The summed E-state index contributed by atoms with van der Waals surface area (Å²) in [5, 5.41) is 24.5. The van der Waals surface area contributed by atoms with Crippen molar-refractivity contribution in [3.63, 3.8) is 0 Å². The number of nitro benzene ring substituents is 1. The van der Waals surface area contributed by atoms with Gasteiger partial charge >= 0.3 is 11.9 Å². The number of nitro groups is 1. The fourth-order valence-corrected chi connectivity index (χ4v) is 4.48. The number of carbonyl (C=O) groups is 2. The van der Waals surface area contributed by atoms with Crippen LogP contribution in [0.15, 0.2) is 48.5 Å². The Morgan fingerprint density at radius 1 is 1.13 bits per heavy atom. The van der Waals surface area contributed by atoms with Gasteiger partial charge in [0.05, 0.1) is 35.7 Å².